The lowest BCUT2D eigenvalue weighted by atomic mass is 10.0. The van der Waals surface area contributed by atoms with Gasteiger partial charge in [0.2, 0.25) is 5.95 Å². The molecule has 0 saturated heterocycles. The molecule has 0 aliphatic carbocycles. The van der Waals surface area contributed by atoms with E-state index in [1.54, 1.807) is 24.8 Å². The number of aryl methyl sites for hydroxylation is 2. The van der Waals surface area contributed by atoms with Gasteiger partial charge in [0.25, 0.3) is 0 Å². The van der Waals surface area contributed by atoms with Crippen LogP contribution in [-0.4, -0.2) is 43.6 Å². The molecule has 1 atom stereocenters. The predicted octanol–water partition coefficient (Wildman–Crippen LogP) is 4.74. The molecule has 0 saturated carbocycles. The Morgan fingerprint density at radius 3 is 2.56 bits per heavy atom. The Labute approximate surface area is 200 Å². The molecule has 4 heterocycles. The molecule has 3 N–H and O–H groups in total. The van der Waals surface area contributed by atoms with E-state index in [1.807, 2.05) is 12.1 Å². The maximum absolute atomic E-state index is 11.7. The smallest absolute Gasteiger partial charge is 0.326 e. The number of carboxylic acid groups (broad SMARTS) is 1. The van der Waals surface area contributed by atoms with Crippen LogP contribution in [0.25, 0.3) is 11.1 Å². The average molecular weight is 461 g/mol. The minimum absolute atomic E-state index is 0.331. The topological polar surface area (TPSA) is 113 Å². The lowest BCUT2D eigenvalue weighted by molar-refractivity contribution is -0.138. The first-order valence-electron chi connectivity index (χ1n) is 12.1. The lowest BCUT2D eigenvalue weighted by Crippen LogP contribution is -2.30. The van der Waals surface area contributed by atoms with E-state index >= 15 is 0 Å². The van der Waals surface area contributed by atoms with Gasteiger partial charge in [0.05, 0.1) is 0 Å². The molecule has 8 nitrogen and oxygen atoms in total. The molecule has 3 aromatic heterocycles. The minimum Gasteiger partial charge on any atom is -0.480 e. The van der Waals surface area contributed by atoms with Gasteiger partial charge in [-0.15, -0.1) is 0 Å². The van der Waals surface area contributed by atoms with Crippen LogP contribution in [0.2, 0.25) is 0 Å². The molecule has 3 aromatic rings. The Morgan fingerprint density at radius 1 is 1.00 bits per heavy atom. The van der Waals surface area contributed by atoms with Crippen LogP contribution in [0, 0.1) is 0 Å². The number of anilines is 2. The molecule has 1 aliphatic rings. The number of hydrogen-bond donors (Lipinski definition) is 3. The zero-order valence-corrected chi connectivity index (χ0v) is 19.4. The number of nitrogens with one attached hydrogen (secondary N) is 2. The molecule has 34 heavy (non-hydrogen) atoms. The number of pyridine rings is 2. The van der Waals surface area contributed by atoms with E-state index in [4.69, 9.17) is 4.98 Å². The van der Waals surface area contributed by atoms with Crippen molar-refractivity contribution in [3.8, 4) is 11.1 Å². The van der Waals surface area contributed by atoms with E-state index in [1.165, 1.54) is 12.0 Å². The van der Waals surface area contributed by atoms with Gasteiger partial charge in [0.15, 0.2) is 0 Å². The second-order valence-electron chi connectivity index (χ2n) is 8.71. The van der Waals surface area contributed by atoms with E-state index in [-0.39, 0.29) is 0 Å². The van der Waals surface area contributed by atoms with Crippen LogP contribution in [0.15, 0.2) is 49.1 Å². The summed E-state index contributed by atoms with van der Waals surface area (Å²) < 4.78 is 0. The van der Waals surface area contributed by atoms with Crippen molar-refractivity contribution in [3.05, 3.63) is 60.3 Å². The number of carbonyl (C=O) groups is 1. The molecule has 1 aliphatic heterocycles. The van der Waals surface area contributed by atoms with Gasteiger partial charge < -0.3 is 15.7 Å². The predicted molar refractivity (Wildman–Crippen MR) is 133 cm³/mol. The van der Waals surface area contributed by atoms with Crippen molar-refractivity contribution in [3.63, 3.8) is 0 Å². The van der Waals surface area contributed by atoms with Crippen molar-refractivity contribution in [1.82, 2.24) is 19.9 Å². The molecule has 0 bridgehead atoms. The van der Waals surface area contributed by atoms with Crippen LogP contribution >= 0.6 is 0 Å². The molecule has 178 valence electrons. The first-order valence-corrected chi connectivity index (χ1v) is 12.1. The number of rotatable bonds is 12. The third-order valence-electron chi connectivity index (χ3n) is 6.14. The molecule has 8 heteroatoms. The highest BCUT2D eigenvalue weighted by Crippen LogP contribution is 2.21. The zero-order chi connectivity index (χ0) is 23.6. The van der Waals surface area contributed by atoms with Crippen molar-refractivity contribution in [2.24, 2.45) is 0 Å². The molecule has 0 unspecified atom stereocenters. The molecule has 0 fully saturated rings. The first-order chi connectivity index (χ1) is 16.7. The number of unbranched alkanes of at least 4 members (excludes halogenated alkanes) is 4. The Morgan fingerprint density at radius 2 is 1.76 bits per heavy atom. The average Bonchev–Trinajstić information content (AvgIpc) is 2.88. The molecule has 0 radical (unpaired) electrons. The number of nitrogens with zero attached hydrogens (tertiary/aromatic N) is 4. The summed E-state index contributed by atoms with van der Waals surface area (Å²) >= 11 is 0. The quantitative estimate of drug-likeness (QED) is 0.332. The number of aliphatic carboxylic acids is 1. The van der Waals surface area contributed by atoms with Gasteiger partial charge in [-0.3, -0.25) is 4.98 Å². The number of aromatic nitrogens is 4. The summed E-state index contributed by atoms with van der Waals surface area (Å²) in [5.74, 6) is 0.512. The standard InChI is InChI=1S/C26H32N6O2/c33-25(34)23(32-26-29-17-21(18-30-26)19-12-15-27-16-13-19)9-5-3-1-2-4-8-22-11-10-20-7-6-14-28-24(20)31-22/h10-13,15-18,23H,1-9,14H2,(H,28,31)(H,33,34)(H,29,30,32)/t23-/m0/s1. The molecule has 0 amide bonds. The van der Waals surface area contributed by atoms with Gasteiger partial charge in [-0.25, -0.2) is 19.7 Å². The fraction of sp³-hybridized carbons (Fsp3) is 0.423. The highest BCUT2D eigenvalue weighted by atomic mass is 16.4. The van der Waals surface area contributed by atoms with Crippen molar-refractivity contribution >= 4 is 17.7 Å². The summed E-state index contributed by atoms with van der Waals surface area (Å²) in [5, 5.41) is 15.9. The van der Waals surface area contributed by atoms with E-state index in [2.05, 4.69) is 37.7 Å². The Kier molecular flexibility index (Phi) is 8.38. The zero-order valence-electron chi connectivity index (χ0n) is 19.4. The van der Waals surface area contributed by atoms with Crippen LogP contribution in [0.3, 0.4) is 0 Å². The molecular weight excluding hydrogens is 428 g/mol. The van der Waals surface area contributed by atoms with Crippen molar-refractivity contribution in [2.75, 3.05) is 17.2 Å². The Balaban J connectivity index is 1.15. The summed E-state index contributed by atoms with van der Waals surface area (Å²) in [7, 11) is 0. The normalized spacial score (nSPS) is 13.5. The fourth-order valence-electron chi connectivity index (χ4n) is 4.20. The first kappa shape index (κ1) is 23.6. The van der Waals surface area contributed by atoms with Crippen molar-refractivity contribution in [2.45, 2.75) is 63.8 Å². The van der Waals surface area contributed by atoms with E-state index < -0.39 is 12.0 Å². The lowest BCUT2D eigenvalue weighted by Gasteiger charge is -2.17. The number of hydrogen-bond acceptors (Lipinski definition) is 7. The molecule has 0 aromatic carbocycles. The van der Waals surface area contributed by atoms with Gasteiger partial charge in [-0.1, -0.05) is 31.7 Å². The maximum atomic E-state index is 11.7. The molecular formula is C26H32N6O2. The molecule has 4 rings (SSSR count). The molecule has 0 spiro atoms. The van der Waals surface area contributed by atoms with Gasteiger partial charge in [0, 0.05) is 42.6 Å². The van der Waals surface area contributed by atoms with Crippen molar-refractivity contribution < 1.29 is 9.90 Å². The minimum atomic E-state index is -0.881. The second-order valence-corrected chi connectivity index (χ2v) is 8.71. The Hall–Kier alpha value is -3.55. The van der Waals surface area contributed by atoms with Crippen LogP contribution < -0.4 is 10.6 Å². The summed E-state index contributed by atoms with van der Waals surface area (Å²) in [4.78, 5) is 29.0. The van der Waals surface area contributed by atoms with E-state index in [0.717, 1.165) is 74.1 Å². The van der Waals surface area contributed by atoms with E-state index in [0.29, 0.717) is 12.4 Å². The summed E-state index contributed by atoms with van der Waals surface area (Å²) in [6.07, 6.45) is 15.8. The van der Waals surface area contributed by atoms with Gasteiger partial charge in [0.1, 0.15) is 11.9 Å². The second kappa shape index (κ2) is 12.1. The van der Waals surface area contributed by atoms with Crippen LogP contribution in [0.1, 0.15) is 56.2 Å². The van der Waals surface area contributed by atoms with Gasteiger partial charge >= 0.3 is 5.97 Å². The third-order valence-corrected chi connectivity index (χ3v) is 6.14. The highest BCUT2D eigenvalue weighted by Gasteiger charge is 2.18. The van der Waals surface area contributed by atoms with E-state index in [9.17, 15) is 9.90 Å². The fourth-order valence-corrected chi connectivity index (χ4v) is 4.20. The SMILES string of the molecule is O=C(O)[C@H](CCCCCCCc1ccc2c(n1)NCCC2)Nc1ncc(-c2ccncc2)cn1. The van der Waals surface area contributed by atoms with Crippen LogP contribution in [-0.2, 0) is 17.6 Å². The third kappa shape index (κ3) is 6.73. The number of carboxylic acids is 1. The Bertz CT molecular complexity index is 1060. The largest absolute Gasteiger partial charge is 0.480 e. The van der Waals surface area contributed by atoms with Crippen LogP contribution in [0.4, 0.5) is 11.8 Å². The van der Waals surface area contributed by atoms with Crippen molar-refractivity contribution in [1.29, 1.82) is 0 Å². The van der Waals surface area contributed by atoms with Gasteiger partial charge in [-0.2, -0.15) is 0 Å². The summed E-state index contributed by atoms with van der Waals surface area (Å²) in [6.45, 7) is 1.01. The maximum Gasteiger partial charge on any atom is 0.326 e. The van der Waals surface area contributed by atoms with Crippen LogP contribution in [0.5, 0.6) is 0 Å². The van der Waals surface area contributed by atoms with Gasteiger partial charge in [-0.05, 0) is 61.4 Å². The highest BCUT2D eigenvalue weighted by molar-refractivity contribution is 5.76. The summed E-state index contributed by atoms with van der Waals surface area (Å²) in [6, 6.07) is 7.43. The summed E-state index contributed by atoms with van der Waals surface area (Å²) in [5.41, 5.74) is 4.31. The monoisotopic (exact) mass is 460 g/mol. The number of fused-ring (bicyclic) bond motifs is 1.